The summed E-state index contributed by atoms with van der Waals surface area (Å²) >= 11 is 9.19. The van der Waals surface area contributed by atoms with Gasteiger partial charge in [0.05, 0.1) is 17.3 Å². The minimum absolute atomic E-state index is 0.219. The van der Waals surface area contributed by atoms with Gasteiger partial charge in [-0.05, 0) is 53.2 Å². The molecule has 0 fully saturated rings. The molecule has 1 aromatic carbocycles. The Kier molecular flexibility index (Phi) is 5.09. The summed E-state index contributed by atoms with van der Waals surface area (Å²) in [6.45, 7) is 2.01. The Balaban J connectivity index is 1.90. The van der Waals surface area contributed by atoms with Gasteiger partial charge >= 0.3 is 0 Å². The molecule has 4 nitrogen and oxygen atoms in total. The number of amides is 1. The number of hydrogen-bond acceptors (Lipinski definition) is 3. The molecule has 1 heterocycles. The Bertz CT molecular complexity index is 586. The van der Waals surface area contributed by atoms with Gasteiger partial charge in [0.15, 0.2) is 6.10 Å². The molecule has 2 rings (SSSR count). The van der Waals surface area contributed by atoms with E-state index in [1.807, 2.05) is 0 Å². The highest BCUT2D eigenvalue weighted by Gasteiger charge is 2.16. The molecule has 0 saturated carbocycles. The van der Waals surface area contributed by atoms with E-state index in [4.69, 9.17) is 20.8 Å². The van der Waals surface area contributed by atoms with Crippen molar-refractivity contribution in [3.05, 3.63) is 51.9 Å². The molecule has 1 atom stereocenters. The first kappa shape index (κ1) is 14.9. The summed E-state index contributed by atoms with van der Waals surface area (Å²) < 4.78 is 11.4. The zero-order valence-electron chi connectivity index (χ0n) is 10.7. The van der Waals surface area contributed by atoms with Crippen molar-refractivity contribution in [2.75, 3.05) is 0 Å². The average Bonchev–Trinajstić information content (AvgIpc) is 2.92. The van der Waals surface area contributed by atoms with Gasteiger partial charge in [-0.2, -0.15) is 0 Å². The molecular formula is C14H13BrClNO3. The lowest BCUT2D eigenvalue weighted by molar-refractivity contribution is -0.127. The number of halogens is 2. The summed E-state index contributed by atoms with van der Waals surface area (Å²) in [5.41, 5.74) is 0. The van der Waals surface area contributed by atoms with Gasteiger partial charge in [0.2, 0.25) is 0 Å². The van der Waals surface area contributed by atoms with E-state index in [1.54, 1.807) is 43.5 Å². The molecule has 0 aliphatic heterocycles. The van der Waals surface area contributed by atoms with Gasteiger partial charge in [-0.1, -0.05) is 11.6 Å². The maximum atomic E-state index is 11.9. The molecule has 0 spiro atoms. The number of carbonyl (C=O) groups excluding carboxylic acids is 1. The highest BCUT2D eigenvalue weighted by molar-refractivity contribution is 9.10. The van der Waals surface area contributed by atoms with Gasteiger partial charge in [0.25, 0.3) is 5.91 Å². The number of benzene rings is 1. The quantitative estimate of drug-likeness (QED) is 0.885. The fourth-order valence-electron chi connectivity index (χ4n) is 1.55. The first-order chi connectivity index (χ1) is 9.56. The molecule has 0 aliphatic carbocycles. The number of nitrogens with one attached hydrogen (secondary N) is 1. The highest BCUT2D eigenvalue weighted by atomic mass is 79.9. The van der Waals surface area contributed by atoms with E-state index in [0.29, 0.717) is 27.5 Å². The Hall–Kier alpha value is -1.46. The summed E-state index contributed by atoms with van der Waals surface area (Å²) in [5.74, 6) is 1.04. The molecule has 1 amide bonds. The van der Waals surface area contributed by atoms with Gasteiger partial charge in [0, 0.05) is 5.02 Å². The van der Waals surface area contributed by atoms with Crippen molar-refractivity contribution in [3.63, 3.8) is 0 Å². The highest BCUT2D eigenvalue weighted by Crippen LogP contribution is 2.28. The maximum absolute atomic E-state index is 11.9. The molecule has 1 N–H and O–H groups in total. The number of hydrogen-bond donors (Lipinski definition) is 1. The predicted molar refractivity (Wildman–Crippen MR) is 79.8 cm³/mol. The van der Waals surface area contributed by atoms with Gasteiger partial charge in [0.1, 0.15) is 11.5 Å². The lowest BCUT2D eigenvalue weighted by Crippen LogP contribution is -2.35. The third kappa shape index (κ3) is 4.02. The Labute approximate surface area is 130 Å². The molecule has 0 aliphatic rings. The molecule has 0 unspecified atom stereocenters. The molecule has 0 bridgehead atoms. The van der Waals surface area contributed by atoms with Crippen molar-refractivity contribution < 1.29 is 13.9 Å². The Morgan fingerprint density at radius 1 is 1.50 bits per heavy atom. The number of furan rings is 1. The molecular weight excluding hydrogens is 346 g/mol. The third-order valence-electron chi connectivity index (χ3n) is 2.58. The molecule has 1 aromatic heterocycles. The lowest BCUT2D eigenvalue weighted by Gasteiger charge is -2.15. The standard InChI is InChI=1S/C14H13BrClNO3/c1-9(14(18)17-8-11-3-2-6-19-11)20-13-5-4-10(16)7-12(13)15/h2-7,9H,8H2,1H3,(H,17,18)/t9-/m0/s1. The molecule has 2 aromatic rings. The monoisotopic (exact) mass is 357 g/mol. The van der Waals surface area contributed by atoms with Crippen LogP contribution in [0.4, 0.5) is 0 Å². The first-order valence-electron chi connectivity index (χ1n) is 5.98. The molecule has 0 saturated heterocycles. The van der Waals surface area contributed by atoms with Crippen molar-refractivity contribution in [1.82, 2.24) is 5.32 Å². The van der Waals surface area contributed by atoms with E-state index in [0.717, 1.165) is 0 Å². The second-order valence-electron chi connectivity index (χ2n) is 4.13. The van der Waals surface area contributed by atoms with Crippen LogP contribution in [-0.4, -0.2) is 12.0 Å². The van der Waals surface area contributed by atoms with Crippen LogP contribution in [0.15, 0.2) is 45.5 Å². The largest absolute Gasteiger partial charge is 0.480 e. The van der Waals surface area contributed by atoms with E-state index in [1.165, 1.54) is 0 Å². The Morgan fingerprint density at radius 3 is 2.95 bits per heavy atom. The van der Waals surface area contributed by atoms with Gasteiger partial charge in [-0.25, -0.2) is 0 Å². The first-order valence-corrected chi connectivity index (χ1v) is 7.15. The van der Waals surface area contributed by atoms with Crippen molar-refractivity contribution in [2.24, 2.45) is 0 Å². The summed E-state index contributed by atoms with van der Waals surface area (Å²) in [5, 5.41) is 3.33. The van der Waals surface area contributed by atoms with Crippen molar-refractivity contribution >= 4 is 33.4 Å². The summed E-state index contributed by atoms with van der Waals surface area (Å²) in [4.78, 5) is 11.9. The molecule has 106 valence electrons. The molecule has 0 radical (unpaired) electrons. The molecule has 20 heavy (non-hydrogen) atoms. The van der Waals surface area contributed by atoms with Crippen LogP contribution in [-0.2, 0) is 11.3 Å². The van der Waals surface area contributed by atoms with Crippen LogP contribution in [0.2, 0.25) is 5.02 Å². The van der Waals surface area contributed by atoms with E-state index in [2.05, 4.69) is 21.2 Å². The number of carbonyl (C=O) groups is 1. The van der Waals surface area contributed by atoms with E-state index in [9.17, 15) is 4.79 Å². The van der Waals surface area contributed by atoms with Crippen molar-refractivity contribution in [2.45, 2.75) is 19.6 Å². The minimum atomic E-state index is -0.623. The predicted octanol–water partition coefficient (Wildman–Crippen LogP) is 3.78. The number of rotatable bonds is 5. The van der Waals surface area contributed by atoms with Gasteiger partial charge in [-0.3, -0.25) is 4.79 Å². The van der Waals surface area contributed by atoms with E-state index < -0.39 is 6.10 Å². The van der Waals surface area contributed by atoms with Crippen LogP contribution in [0.3, 0.4) is 0 Å². The van der Waals surface area contributed by atoms with Gasteiger partial charge < -0.3 is 14.5 Å². The number of ether oxygens (including phenoxy) is 1. The second-order valence-corrected chi connectivity index (χ2v) is 5.42. The van der Waals surface area contributed by atoms with Gasteiger partial charge in [-0.15, -0.1) is 0 Å². The lowest BCUT2D eigenvalue weighted by atomic mass is 10.3. The van der Waals surface area contributed by atoms with Crippen LogP contribution < -0.4 is 10.1 Å². The SMILES string of the molecule is C[C@H](Oc1ccc(Cl)cc1Br)C(=O)NCc1ccco1. The summed E-state index contributed by atoms with van der Waals surface area (Å²) in [6.07, 6.45) is 0.939. The third-order valence-corrected chi connectivity index (χ3v) is 3.44. The topological polar surface area (TPSA) is 51.5 Å². The smallest absolute Gasteiger partial charge is 0.261 e. The van der Waals surface area contributed by atoms with Crippen LogP contribution in [0.25, 0.3) is 0 Å². The fourth-order valence-corrected chi connectivity index (χ4v) is 2.32. The minimum Gasteiger partial charge on any atom is -0.480 e. The zero-order valence-corrected chi connectivity index (χ0v) is 13.1. The van der Waals surface area contributed by atoms with Crippen molar-refractivity contribution in [1.29, 1.82) is 0 Å². The second kappa shape index (κ2) is 6.81. The maximum Gasteiger partial charge on any atom is 0.261 e. The van der Waals surface area contributed by atoms with Crippen LogP contribution in [0.5, 0.6) is 5.75 Å². The van der Waals surface area contributed by atoms with Crippen LogP contribution >= 0.6 is 27.5 Å². The van der Waals surface area contributed by atoms with Crippen LogP contribution in [0, 0.1) is 0 Å². The fraction of sp³-hybridized carbons (Fsp3) is 0.214. The average molecular weight is 359 g/mol. The molecule has 6 heteroatoms. The normalized spacial score (nSPS) is 11.9. The van der Waals surface area contributed by atoms with Crippen molar-refractivity contribution in [3.8, 4) is 5.75 Å². The summed E-state index contributed by atoms with van der Waals surface area (Å²) in [7, 11) is 0. The summed E-state index contributed by atoms with van der Waals surface area (Å²) in [6, 6.07) is 8.69. The van der Waals surface area contributed by atoms with E-state index in [-0.39, 0.29) is 5.91 Å². The van der Waals surface area contributed by atoms with E-state index >= 15 is 0 Å². The zero-order chi connectivity index (χ0) is 14.5. The van der Waals surface area contributed by atoms with Crippen LogP contribution in [0.1, 0.15) is 12.7 Å². The Morgan fingerprint density at radius 2 is 2.30 bits per heavy atom.